The van der Waals surface area contributed by atoms with Crippen molar-refractivity contribution in [1.82, 2.24) is 4.72 Å². The predicted molar refractivity (Wildman–Crippen MR) is 127 cm³/mol. The molecule has 0 bridgehead atoms. The molecule has 1 fully saturated rings. The largest absolute Gasteiger partial charge is 0.516 e. The van der Waals surface area contributed by atoms with Gasteiger partial charge in [0.2, 0.25) is 5.91 Å². The Balaban J connectivity index is 1.77. The van der Waals surface area contributed by atoms with E-state index in [2.05, 4.69) is 0 Å². The molecule has 0 saturated heterocycles. The molecule has 1 unspecified atom stereocenters. The molecule has 35 heavy (non-hydrogen) atoms. The van der Waals surface area contributed by atoms with Crippen molar-refractivity contribution < 1.29 is 41.7 Å². The number of halogens is 4. The van der Waals surface area contributed by atoms with Gasteiger partial charge in [0, 0.05) is 23.6 Å². The topological polar surface area (TPSA) is 124 Å². The molecule has 13 heteroatoms. The summed E-state index contributed by atoms with van der Waals surface area (Å²) in [5.41, 5.74) is -5.55. The number of carbonyl (C=O) groups is 1. The second-order valence-electron chi connectivity index (χ2n) is 8.38. The van der Waals surface area contributed by atoms with E-state index >= 15 is 0 Å². The third kappa shape index (κ3) is 9.51. The number of aryl methyl sites for hydroxylation is 1. The van der Waals surface area contributed by atoms with Gasteiger partial charge in [0.1, 0.15) is 0 Å². The Hall–Kier alpha value is -1.44. The van der Waals surface area contributed by atoms with Crippen molar-refractivity contribution in [2.75, 3.05) is 0 Å². The first-order chi connectivity index (χ1) is 16.3. The Morgan fingerprint density at radius 1 is 1.26 bits per heavy atom. The number of allylic oxidation sites excluding steroid dienone is 2. The lowest BCUT2D eigenvalue weighted by Gasteiger charge is -2.19. The highest BCUT2D eigenvalue weighted by Gasteiger charge is 2.46. The maximum absolute atomic E-state index is 12.3. The summed E-state index contributed by atoms with van der Waals surface area (Å²) in [5, 5.41) is 30.8. The molecule has 1 saturated carbocycles. The molecule has 1 heterocycles. The zero-order chi connectivity index (χ0) is 26.2. The SMILES string of the molecule is O=C(CCCC=CC[C@@H]1[C@@H](C=CC(O)CCc2ccc(Cl)s2)[C@H](O)C[C@@H]1O)NS(=O)(=O)C(F)(F)F. The summed E-state index contributed by atoms with van der Waals surface area (Å²) in [6, 6.07) is 3.70. The number of nitrogens with one attached hydrogen (secondary N) is 1. The molecule has 2 rings (SSSR count). The van der Waals surface area contributed by atoms with E-state index in [-0.39, 0.29) is 24.7 Å². The van der Waals surface area contributed by atoms with Gasteiger partial charge in [-0.25, -0.2) is 4.72 Å². The Labute approximate surface area is 211 Å². The normalized spacial score (nSPS) is 24.4. The Morgan fingerprint density at radius 3 is 2.60 bits per heavy atom. The van der Waals surface area contributed by atoms with E-state index in [9.17, 15) is 41.7 Å². The number of rotatable bonds is 12. The van der Waals surface area contributed by atoms with Gasteiger partial charge in [-0.15, -0.1) is 11.3 Å². The number of hydrogen-bond acceptors (Lipinski definition) is 7. The third-order valence-electron chi connectivity index (χ3n) is 5.69. The molecule has 0 radical (unpaired) electrons. The second-order valence-corrected chi connectivity index (χ2v) is 11.9. The van der Waals surface area contributed by atoms with Crippen molar-refractivity contribution >= 4 is 38.9 Å². The lowest BCUT2D eigenvalue weighted by molar-refractivity contribution is -0.120. The number of amides is 1. The van der Waals surface area contributed by atoms with Gasteiger partial charge >= 0.3 is 15.5 Å². The summed E-state index contributed by atoms with van der Waals surface area (Å²) in [6.45, 7) is 0. The van der Waals surface area contributed by atoms with Crippen LogP contribution in [-0.2, 0) is 21.2 Å². The number of aliphatic hydroxyl groups is 3. The van der Waals surface area contributed by atoms with Crippen LogP contribution in [0.15, 0.2) is 36.4 Å². The Kier molecular flexibility index (Phi) is 11.2. The molecule has 198 valence electrons. The first kappa shape index (κ1) is 29.8. The van der Waals surface area contributed by atoms with Crippen LogP contribution in [0.25, 0.3) is 0 Å². The van der Waals surface area contributed by atoms with Crippen LogP contribution in [0.4, 0.5) is 13.2 Å². The maximum atomic E-state index is 12.3. The highest BCUT2D eigenvalue weighted by molar-refractivity contribution is 7.90. The monoisotopic (exact) mass is 559 g/mol. The lowest BCUT2D eigenvalue weighted by Crippen LogP contribution is -2.40. The van der Waals surface area contributed by atoms with Crippen molar-refractivity contribution in [2.45, 2.75) is 68.8 Å². The summed E-state index contributed by atoms with van der Waals surface area (Å²) < 4.78 is 60.2. The fourth-order valence-corrected chi connectivity index (χ4v) is 5.47. The maximum Gasteiger partial charge on any atom is 0.516 e. The fraction of sp³-hybridized carbons (Fsp3) is 0.591. The molecule has 0 aliphatic heterocycles. The van der Waals surface area contributed by atoms with E-state index < -0.39 is 46.2 Å². The third-order valence-corrected chi connectivity index (χ3v) is 8.09. The van der Waals surface area contributed by atoms with Gasteiger partial charge < -0.3 is 15.3 Å². The highest BCUT2D eigenvalue weighted by Crippen LogP contribution is 2.36. The van der Waals surface area contributed by atoms with E-state index in [4.69, 9.17) is 11.6 Å². The molecular formula is C22H29ClF3NO6S2. The summed E-state index contributed by atoms with van der Waals surface area (Å²) in [5.74, 6) is -1.89. The number of thiophene rings is 1. The van der Waals surface area contributed by atoms with E-state index in [0.717, 1.165) is 9.60 Å². The standard InChI is InChI=1S/C22H29ClF3NO6S2/c23-20-12-10-15(34-20)9-7-14(28)8-11-17-16(18(29)13-19(17)30)5-3-1-2-4-6-21(31)27-35(32,33)22(24,25)26/h1,3,8,10-12,14,16-19,28-30H,2,4-7,9,13H2,(H,27,31)/t14?,16-,17-,18+,19-/m1/s1. The summed E-state index contributed by atoms with van der Waals surface area (Å²) in [4.78, 5) is 12.5. The molecule has 1 aromatic rings. The molecular weight excluding hydrogens is 531 g/mol. The molecule has 0 aromatic carbocycles. The average Bonchev–Trinajstić information content (AvgIpc) is 3.28. The number of carbonyl (C=O) groups excluding carboxylic acids is 1. The van der Waals surface area contributed by atoms with Gasteiger partial charge in [-0.1, -0.05) is 35.9 Å². The minimum Gasteiger partial charge on any atom is -0.393 e. The zero-order valence-corrected chi connectivity index (χ0v) is 21.1. The van der Waals surface area contributed by atoms with Crippen molar-refractivity contribution in [1.29, 1.82) is 0 Å². The number of alkyl halides is 3. The van der Waals surface area contributed by atoms with Crippen molar-refractivity contribution in [2.24, 2.45) is 11.8 Å². The molecule has 4 N–H and O–H groups in total. The van der Waals surface area contributed by atoms with Gasteiger partial charge in [-0.05, 0) is 50.2 Å². The van der Waals surface area contributed by atoms with Gasteiger partial charge in [-0.2, -0.15) is 21.6 Å². The molecule has 1 aliphatic rings. The molecule has 0 spiro atoms. The molecule has 1 aromatic heterocycles. The van der Waals surface area contributed by atoms with Crippen LogP contribution in [0.5, 0.6) is 0 Å². The summed E-state index contributed by atoms with van der Waals surface area (Å²) in [6.07, 6.45) is 6.35. The minimum absolute atomic E-state index is 0.135. The molecule has 1 amide bonds. The van der Waals surface area contributed by atoms with Crippen LogP contribution in [-0.4, -0.2) is 53.5 Å². The van der Waals surface area contributed by atoms with Crippen LogP contribution in [0.2, 0.25) is 4.34 Å². The molecule has 5 atom stereocenters. The highest BCUT2D eigenvalue weighted by atomic mass is 35.5. The van der Waals surface area contributed by atoms with E-state index in [0.29, 0.717) is 30.0 Å². The number of aliphatic hydroxyl groups excluding tert-OH is 3. The first-order valence-electron chi connectivity index (χ1n) is 11.0. The lowest BCUT2D eigenvalue weighted by atomic mass is 9.89. The number of unbranched alkanes of at least 4 members (excludes halogenated alkanes) is 1. The minimum atomic E-state index is -5.70. The van der Waals surface area contributed by atoms with Crippen molar-refractivity contribution in [3.63, 3.8) is 0 Å². The van der Waals surface area contributed by atoms with Crippen LogP contribution in [0.3, 0.4) is 0 Å². The first-order valence-corrected chi connectivity index (χ1v) is 13.7. The van der Waals surface area contributed by atoms with Crippen LogP contribution in [0, 0.1) is 11.8 Å². The summed E-state index contributed by atoms with van der Waals surface area (Å²) in [7, 11) is -5.70. The van der Waals surface area contributed by atoms with Crippen LogP contribution >= 0.6 is 22.9 Å². The van der Waals surface area contributed by atoms with E-state index in [1.54, 1.807) is 30.4 Å². The number of hydrogen-bond donors (Lipinski definition) is 4. The van der Waals surface area contributed by atoms with Gasteiger partial charge in [0.05, 0.1) is 22.6 Å². The van der Waals surface area contributed by atoms with E-state index in [1.807, 2.05) is 6.07 Å². The van der Waals surface area contributed by atoms with Crippen molar-refractivity contribution in [3.05, 3.63) is 45.7 Å². The molecule has 1 aliphatic carbocycles. The van der Waals surface area contributed by atoms with Gasteiger partial charge in [0.15, 0.2) is 0 Å². The quantitative estimate of drug-likeness (QED) is 0.229. The Morgan fingerprint density at radius 2 is 1.97 bits per heavy atom. The summed E-state index contributed by atoms with van der Waals surface area (Å²) >= 11 is 7.35. The van der Waals surface area contributed by atoms with Crippen LogP contribution in [0.1, 0.15) is 43.4 Å². The average molecular weight is 560 g/mol. The predicted octanol–water partition coefficient (Wildman–Crippen LogP) is 3.69. The molecule has 7 nitrogen and oxygen atoms in total. The van der Waals surface area contributed by atoms with E-state index in [1.165, 1.54) is 11.3 Å². The smallest absolute Gasteiger partial charge is 0.393 e. The van der Waals surface area contributed by atoms with Crippen LogP contribution < -0.4 is 4.72 Å². The Bertz CT molecular complexity index is 996. The number of sulfonamides is 1. The van der Waals surface area contributed by atoms with Gasteiger partial charge in [0.25, 0.3) is 0 Å². The van der Waals surface area contributed by atoms with Gasteiger partial charge in [-0.3, -0.25) is 4.79 Å². The van der Waals surface area contributed by atoms with Crippen molar-refractivity contribution in [3.8, 4) is 0 Å². The second kappa shape index (κ2) is 13.2. The fourth-order valence-electron chi connectivity index (χ4n) is 3.85. The zero-order valence-electron chi connectivity index (χ0n) is 18.7.